The first-order valence-electron chi connectivity index (χ1n) is 12.7. The van der Waals surface area contributed by atoms with E-state index in [1.54, 1.807) is 24.5 Å². The molecule has 2 N–H and O–H groups in total. The van der Waals surface area contributed by atoms with E-state index in [2.05, 4.69) is 9.97 Å². The summed E-state index contributed by atoms with van der Waals surface area (Å²) in [6.45, 7) is 17.6. The fraction of sp³-hybridized carbons (Fsp3) is 0.519. The van der Waals surface area contributed by atoms with E-state index in [0.29, 0.717) is 5.56 Å². The van der Waals surface area contributed by atoms with Crippen molar-refractivity contribution < 1.29 is 14.8 Å². The molecule has 35 heavy (non-hydrogen) atoms. The average molecular weight is 487 g/mol. The third kappa shape index (κ3) is 9.46. The van der Waals surface area contributed by atoms with Crippen molar-refractivity contribution in [1.82, 2.24) is 19.4 Å². The molecule has 3 aromatic rings. The lowest BCUT2D eigenvalue weighted by Crippen LogP contribution is -2.35. The third-order valence-corrected chi connectivity index (χ3v) is 4.73. The van der Waals surface area contributed by atoms with Crippen molar-refractivity contribution in [2.45, 2.75) is 82.1 Å². The molecular weight excluding hydrogens is 439 g/mol. The van der Waals surface area contributed by atoms with E-state index in [0.717, 1.165) is 42.7 Å². The smallest absolute Gasteiger partial charge is 0.422 e. The van der Waals surface area contributed by atoms with E-state index in [-0.39, 0.29) is 18.9 Å². The van der Waals surface area contributed by atoms with Crippen molar-refractivity contribution in [1.29, 1.82) is 0 Å². The second-order valence-corrected chi connectivity index (χ2v) is 6.49. The predicted molar refractivity (Wildman–Crippen MR) is 151 cm³/mol. The highest BCUT2D eigenvalue weighted by atomic mass is 16.4. The molecule has 7 nitrogen and oxygen atoms in total. The summed E-state index contributed by atoms with van der Waals surface area (Å²) in [5.41, 5.74) is 2.27. The Bertz CT molecular complexity index is 937. The molecule has 0 bridgehead atoms. The van der Waals surface area contributed by atoms with Crippen molar-refractivity contribution in [2.24, 2.45) is 0 Å². The number of hydrogen-bond acceptors (Lipinski definition) is 5. The Morgan fingerprint density at radius 2 is 1.46 bits per heavy atom. The zero-order valence-electron chi connectivity index (χ0n) is 22.2. The van der Waals surface area contributed by atoms with Gasteiger partial charge in [0, 0.05) is 30.9 Å². The van der Waals surface area contributed by atoms with Crippen molar-refractivity contribution in [3.63, 3.8) is 0 Å². The van der Waals surface area contributed by atoms with Crippen molar-refractivity contribution in [3.05, 3.63) is 48.4 Å². The number of fused-ring (bicyclic) bond motifs is 1. The van der Waals surface area contributed by atoms with Gasteiger partial charge >= 0.3 is 7.12 Å². The molecule has 0 atom stereocenters. The number of aromatic nitrogens is 3. The number of amides is 1. The van der Waals surface area contributed by atoms with Crippen LogP contribution in [0.4, 0.5) is 0 Å². The Morgan fingerprint density at radius 3 is 1.97 bits per heavy atom. The molecule has 0 aromatic carbocycles. The number of likely N-dealkylation sites (tertiary alicyclic amines) is 1. The number of carbonyl (C=O) groups excluding carboxylic acids is 1. The quantitative estimate of drug-likeness (QED) is 0.479. The van der Waals surface area contributed by atoms with Gasteiger partial charge in [0.05, 0.1) is 23.0 Å². The number of carbonyl (C=O) groups is 1. The van der Waals surface area contributed by atoms with Crippen LogP contribution in [0.5, 0.6) is 0 Å². The van der Waals surface area contributed by atoms with Gasteiger partial charge in [-0.1, -0.05) is 62.8 Å². The maximum absolute atomic E-state index is 12.6. The van der Waals surface area contributed by atoms with Crippen LogP contribution in [-0.4, -0.2) is 55.6 Å². The molecule has 0 unspecified atom stereocenters. The van der Waals surface area contributed by atoms with Gasteiger partial charge in [0.2, 0.25) is 0 Å². The molecule has 1 saturated heterocycles. The van der Waals surface area contributed by atoms with Gasteiger partial charge in [-0.15, -0.1) is 0 Å². The van der Waals surface area contributed by atoms with E-state index in [9.17, 15) is 4.79 Å². The lowest BCUT2D eigenvalue weighted by atomic mass is 9.86. The second kappa shape index (κ2) is 19.6. The fourth-order valence-electron chi connectivity index (χ4n) is 3.32. The average Bonchev–Trinajstić information content (AvgIpc) is 3.36. The summed E-state index contributed by atoms with van der Waals surface area (Å²) < 4.78 is 1.85. The molecular formula is C27H47BN4O3. The van der Waals surface area contributed by atoms with Gasteiger partial charge in [-0.2, -0.15) is 0 Å². The van der Waals surface area contributed by atoms with E-state index < -0.39 is 7.12 Å². The van der Waals surface area contributed by atoms with Gasteiger partial charge in [-0.3, -0.25) is 14.3 Å². The molecule has 4 heterocycles. The number of rotatable bonds is 3. The van der Waals surface area contributed by atoms with Gasteiger partial charge in [-0.05, 0) is 43.5 Å². The summed E-state index contributed by atoms with van der Waals surface area (Å²) in [6, 6.07) is 7.08. The zero-order valence-corrected chi connectivity index (χ0v) is 22.2. The Labute approximate surface area is 213 Å². The Morgan fingerprint density at radius 1 is 0.857 bits per heavy atom. The molecule has 196 valence electrons. The highest BCUT2D eigenvalue weighted by Crippen LogP contribution is 2.20. The van der Waals surface area contributed by atoms with E-state index in [1.165, 1.54) is 6.42 Å². The van der Waals surface area contributed by atoms with Crippen LogP contribution >= 0.6 is 0 Å². The molecule has 0 radical (unpaired) electrons. The standard InChI is InChI=1S/C18H19BN4O3.4C2H6.CH4/c24-18(22-7-2-1-3-8-22)14-10-13-6-9-23(17(13)21-11-14)15-4-5-16(19(25)26)20-12-15;4*1-2;/h4-6,9-12,25-26H,1-3,7-8H2;4*1-2H3;1H4. The van der Waals surface area contributed by atoms with Gasteiger partial charge < -0.3 is 14.9 Å². The van der Waals surface area contributed by atoms with Crippen LogP contribution in [0.2, 0.25) is 0 Å². The van der Waals surface area contributed by atoms with Crippen LogP contribution in [0.1, 0.15) is 92.4 Å². The number of nitrogens with zero attached hydrogens (tertiary/aromatic N) is 4. The molecule has 3 aromatic heterocycles. The normalized spacial score (nSPS) is 11.5. The Kier molecular flexibility index (Phi) is 19.3. The minimum atomic E-state index is -1.59. The first-order valence-corrected chi connectivity index (χ1v) is 12.7. The molecule has 1 aliphatic rings. The predicted octanol–water partition coefficient (Wildman–Crippen LogP) is 5.47. The van der Waals surface area contributed by atoms with Gasteiger partial charge in [0.25, 0.3) is 5.91 Å². The highest BCUT2D eigenvalue weighted by Gasteiger charge is 2.19. The summed E-state index contributed by atoms with van der Waals surface area (Å²) in [5.74, 6) is 0.0369. The summed E-state index contributed by atoms with van der Waals surface area (Å²) in [4.78, 5) is 23.1. The SMILES string of the molecule is C.CC.CC.CC.CC.O=C(c1cnc2c(ccn2-c2ccc(B(O)O)nc2)c1)N1CCCCC1. The van der Waals surface area contributed by atoms with E-state index in [4.69, 9.17) is 10.0 Å². The van der Waals surface area contributed by atoms with Crippen LogP contribution < -0.4 is 5.59 Å². The summed E-state index contributed by atoms with van der Waals surface area (Å²) in [5, 5.41) is 19.2. The summed E-state index contributed by atoms with van der Waals surface area (Å²) in [7, 11) is -1.59. The topological polar surface area (TPSA) is 91.5 Å². The Hall–Kier alpha value is -2.71. The summed E-state index contributed by atoms with van der Waals surface area (Å²) >= 11 is 0. The number of pyridine rings is 2. The van der Waals surface area contributed by atoms with Crippen molar-refractivity contribution in [2.75, 3.05) is 13.1 Å². The molecule has 4 rings (SSSR count). The maximum Gasteiger partial charge on any atom is 0.508 e. The fourth-order valence-corrected chi connectivity index (χ4v) is 3.32. The van der Waals surface area contributed by atoms with Crippen LogP contribution in [-0.2, 0) is 0 Å². The largest absolute Gasteiger partial charge is 0.508 e. The maximum atomic E-state index is 12.6. The molecule has 8 heteroatoms. The Balaban J connectivity index is 0. The monoisotopic (exact) mass is 486 g/mol. The second-order valence-electron chi connectivity index (χ2n) is 6.49. The molecule has 0 spiro atoms. The minimum Gasteiger partial charge on any atom is -0.422 e. The molecule has 0 aliphatic carbocycles. The zero-order chi connectivity index (χ0) is 26.1. The van der Waals surface area contributed by atoms with Crippen molar-refractivity contribution >= 4 is 29.7 Å². The van der Waals surface area contributed by atoms with Gasteiger partial charge in [0.15, 0.2) is 0 Å². The lowest BCUT2D eigenvalue weighted by molar-refractivity contribution is 0.0724. The number of piperidine rings is 1. The van der Waals surface area contributed by atoms with Crippen LogP contribution in [0, 0.1) is 0 Å². The number of hydrogen-bond donors (Lipinski definition) is 2. The van der Waals surface area contributed by atoms with Crippen LogP contribution in [0.3, 0.4) is 0 Å². The van der Waals surface area contributed by atoms with Crippen LogP contribution in [0.15, 0.2) is 42.9 Å². The molecule has 1 amide bonds. The van der Waals surface area contributed by atoms with Gasteiger partial charge in [0.1, 0.15) is 5.65 Å². The third-order valence-electron chi connectivity index (χ3n) is 4.73. The minimum absolute atomic E-state index is 0. The summed E-state index contributed by atoms with van der Waals surface area (Å²) in [6.07, 6.45) is 8.34. The van der Waals surface area contributed by atoms with Crippen LogP contribution in [0.25, 0.3) is 16.7 Å². The van der Waals surface area contributed by atoms with E-state index in [1.807, 2.05) is 83.2 Å². The first-order chi connectivity index (χ1) is 16.6. The molecule has 1 fully saturated rings. The molecule has 0 saturated carbocycles. The lowest BCUT2D eigenvalue weighted by Gasteiger charge is -2.26. The van der Waals surface area contributed by atoms with E-state index >= 15 is 0 Å². The highest BCUT2D eigenvalue weighted by molar-refractivity contribution is 6.57. The van der Waals surface area contributed by atoms with Gasteiger partial charge in [-0.25, -0.2) is 4.98 Å². The molecule has 1 aliphatic heterocycles. The first kappa shape index (κ1) is 34.5. The van der Waals surface area contributed by atoms with Crippen molar-refractivity contribution in [3.8, 4) is 5.69 Å².